The van der Waals surface area contributed by atoms with E-state index in [2.05, 4.69) is 40.8 Å². The Morgan fingerprint density at radius 3 is 2.52 bits per heavy atom. The van der Waals surface area contributed by atoms with Crippen LogP contribution in [-0.4, -0.2) is 60.5 Å². The van der Waals surface area contributed by atoms with Crippen molar-refractivity contribution >= 4 is 11.6 Å². The Morgan fingerprint density at radius 2 is 1.78 bits per heavy atom. The number of aryl methyl sites for hydroxylation is 1. The van der Waals surface area contributed by atoms with Gasteiger partial charge in [0, 0.05) is 50.5 Å². The summed E-state index contributed by atoms with van der Waals surface area (Å²) >= 11 is 0. The van der Waals surface area contributed by atoms with Crippen LogP contribution in [0.15, 0.2) is 12.1 Å². The van der Waals surface area contributed by atoms with Gasteiger partial charge in [0.1, 0.15) is 0 Å². The first-order chi connectivity index (χ1) is 13.1. The average molecular weight is 371 g/mol. The van der Waals surface area contributed by atoms with Gasteiger partial charge in [-0.15, -0.1) is 0 Å². The third kappa shape index (κ3) is 4.29. The van der Waals surface area contributed by atoms with Gasteiger partial charge >= 0.3 is 0 Å². The molecule has 0 radical (unpaired) electrons. The Labute approximate surface area is 163 Å². The Morgan fingerprint density at radius 1 is 1.04 bits per heavy atom. The number of hydrogen-bond donors (Lipinski definition) is 0. The molecule has 1 amide bonds. The van der Waals surface area contributed by atoms with Crippen molar-refractivity contribution in [3.05, 3.63) is 23.5 Å². The van der Waals surface area contributed by atoms with E-state index >= 15 is 0 Å². The summed E-state index contributed by atoms with van der Waals surface area (Å²) in [5.41, 5.74) is 3.44. The molecule has 3 fully saturated rings. The van der Waals surface area contributed by atoms with Crippen molar-refractivity contribution in [1.82, 2.24) is 14.8 Å². The summed E-state index contributed by atoms with van der Waals surface area (Å²) < 4.78 is 0. The van der Waals surface area contributed by atoms with Gasteiger partial charge in [0.15, 0.2) is 0 Å². The van der Waals surface area contributed by atoms with Crippen LogP contribution < -0.4 is 4.90 Å². The van der Waals surface area contributed by atoms with Crippen LogP contribution >= 0.6 is 0 Å². The average Bonchev–Trinajstić information content (AvgIpc) is 3.33. The molecule has 1 aromatic rings. The number of pyridine rings is 1. The summed E-state index contributed by atoms with van der Waals surface area (Å²) in [5, 5.41) is 0. The lowest BCUT2D eigenvalue weighted by atomic mass is 10.0. The second-order valence-electron chi connectivity index (χ2n) is 8.78. The number of nitrogens with zero attached hydrogens (tertiary/aromatic N) is 4. The first kappa shape index (κ1) is 18.7. The predicted molar refractivity (Wildman–Crippen MR) is 109 cm³/mol. The molecule has 5 nitrogen and oxygen atoms in total. The monoisotopic (exact) mass is 370 g/mol. The Hall–Kier alpha value is -1.62. The maximum absolute atomic E-state index is 13.0. The highest BCUT2D eigenvalue weighted by atomic mass is 16.2. The van der Waals surface area contributed by atoms with E-state index in [0.717, 1.165) is 63.4 Å². The maximum Gasteiger partial charge on any atom is 0.223 e. The molecule has 3 aliphatic rings. The minimum atomic E-state index is 0.171. The highest BCUT2D eigenvalue weighted by molar-refractivity contribution is 5.77. The Bertz CT molecular complexity index is 662. The lowest BCUT2D eigenvalue weighted by Crippen LogP contribution is -2.44. The second-order valence-corrected chi connectivity index (χ2v) is 8.78. The molecule has 0 unspecified atom stereocenters. The van der Waals surface area contributed by atoms with Crippen LogP contribution in [-0.2, 0) is 4.79 Å². The van der Waals surface area contributed by atoms with Gasteiger partial charge in [0.2, 0.25) is 5.91 Å². The molecule has 2 aliphatic heterocycles. The van der Waals surface area contributed by atoms with E-state index in [0.29, 0.717) is 11.8 Å². The number of likely N-dealkylation sites (tertiary alicyclic amines) is 1. The van der Waals surface area contributed by atoms with Crippen molar-refractivity contribution in [2.45, 2.75) is 57.9 Å². The molecule has 0 spiro atoms. The van der Waals surface area contributed by atoms with Crippen molar-refractivity contribution in [3.8, 4) is 0 Å². The van der Waals surface area contributed by atoms with Gasteiger partial charge in [0.05, 0.1) is 11.7 Å². The first-order valence-electron chi connectivity index (χ1n) is 10.8. The summed E-state index contributed by atoms with van der Waals surface area (Å²) in [5.74, 6) is 0.971. The SMILES string of the molecule is Cc1cc(N2CCN(C)CC2)cc([C@H]2CCCN2C(=O)CC2CCCC2)n1. The van der Waals surface area contributed by atoms with Crippen molar-refractivity contribution < 1.29 is 4.79 Å². The van der Waals surface area contributed by atoms with Gasteiger partial charge in [-0.2, -0.15) is 0 Å². The topological polar surface area (TPSA) is 39.7 Å². The molecule has 148 valence electrons. The smallest absolute Gasteiger partial charge is 0.223 e. The zero-order valence-electron chi connectivity index (χ0n) is 17.0. The second kappa shape index (κ2) is 8.17. The Kier molecular flexibility index (Phi) is 5.67. The fourth-order valence-electron chi connectivity index (χ4n) is 5.04. The number of likely N-dealkylation sites (N-methyl/N-ethyl adjacent to an activating group) is 1. The number of hydrogen-bond acceptors (Lipinski definition) is 4. The fraction of sp³-hybridized carbons (Fsp3) is 0.727. The van der Waals surface area contributed by atoms with Crippen LogP contribution in [0.1, 0.15) is 62.4 Å². The molecule has 0 bridgehead atoms. The van der Waals surface area contributed by atoms with Crippen LogP contribution in [0.25, 0.3) is 0 Å². The number of anilines is 1. The maximum atomic E-state index is 13.0. The minimum Gasteiger partial charge on any atom is -0.369 e. The van der Waals surface area contributed by atoms with Crippen LogP contribution in [0.3, 0.4) is 0 Å². The largest absolute Gasteiger partial charge is 0.369 e. The zero-order valence-corrected chi connectivity index (χ0v) is 17.0. The highest BCUT2D eigenvalue weighted by Crippen LogP contribution is 2.35. The standard InChI is InChI=1S/C22H34N4O/c1-17-14-19(25-12-10-24(2)11-13-25)16-20(23-17)21-8-5-9-26(21)22(27)15-18-6-3-4-7-18/h14,16,18,21H,3-13,15H2,1-2H3/t21-/m1/s1. The van der Waals surface area contributed by atoms with E-state index in [-0.39, 0.29) is 6.04 Å². The van der Waals surface area contributed by atoms with Crippen LogP contribution in [0.4, 0.5) is 5.69 Å². The van der Waals surface area contributed by atoms with Crippen LogP contribution in [0, 0.1) is 12.8 Å². The number of carbonyl (C=O) groups is 1. The molecular weight excluding hydrogens is 336 g/mol. The highest BCUT2D eigenvalue weighted by Gasteiger charge is 2.33. The fourth-order valence-corrected chi connectivity index (χ4v) is 5.04. The predicted octanol–water partition coefficient (Wildman–Crippen LogP) is 3.39. The number of rotatable bonds is 4. The van der Waals surface area contributed by atoms with E-state index in [1.807, 2.05) is 0 Å². The van der Waals surface area contributed by atoms with Gasteiger partial charge in [-0.3, -0.25) is 9.78 Å². The van der Waals surface area contributed by atoms with Crippen molar-refractivity contribution in [2.24, 2.45) is 5.92 Å². The molecule has 0 N–H and O–H groups in total. The molecule has 2 saturated heterocycles. The summed E-state index contributed by atoms with van der Waals surface area (Å²) in [7, 11) is 2.19. The number of piperazine rings is 1. The Balaban J connectivity index is 1.50. The zero-order chi connectivity index (χ0) is 18.8. The van der Waals surface area contributed by atoms with Crippen molar-refractivity contribution in [3.63, 3.8) is 0 Å². The van der Waals surface area contributed by atoms with Gasteiger partial charge < -0.3 is 14.7 Å². The van der Waals surface area contributed by atoms with Gasteiger partial charge in [0.25, 0.3) is 0 Å². The van der Waals surface area contributed by atoms with E-state index in [1.165, 1.54) is 31.4 Å². The van der Waals surface area contributed by atoms with E-state index < -0.39 is 0 Å². The lowest BCUT2D eigenvalue weighted by molar-refractivity contribution is -0.133. The summed E-state index contributed by atoms with van der Waals surface area (Å²) in [6.07, 6.45) is 7.97. The van der Waals surface area contributed by atoms with Gasteiger partial charge in [-0.05, 0) is 57.7 Å². The van der Waals surface area contributed by atoms with Crippen molar-refractivity contribution in [1.29, 1.82) is 0 Å². The number of amides is 1. The molecule has 4 rings (SSSR count). The summed E-state index contributed by atoms with van der Waals surface area (Å²) in [6, 6.07) is 4.63. The van der Waals surface area contributed by atoms with Gasteiger partial charge in [-0.25, -0.2) is 0 Å². The molecule has 3 heterocycles. The molecule has 5 heteroatoms. The first-order valence-corrected chi connectivity index (χ1v) is 10.8. The number of aromatic nitrogens is 1. The van der Waals surface area contributed by atoms with Crippen molar-refractivity contribution in [2.75, 3.05) is 44.7 Å². The number of carbonyl (C=O) groups excluding carboxylic acids is 1. The lowest BCUT2D eigenvalue weighted by Gasteiger charge is -2.35. The third-order valence-electron chi connectivity index (χ3n) is 6.68. The van der Waals surface area contributed by atoms with Crippen LogP contribution in [0.5, 0.6) is 0 Å². The third-order valence-corrected chi connectivity index (χ3v) is 6.68. The minimum absolute atomic E-state index is 0.171. The molecule has 1 aliphatic carbocycles. The molecule has 1 saturated carbocycles. The van der Waals surface area contributed by atoms with Crippen LogP contribution in [0.2, 0.25) is 0 Å². The molecule has 27 heavy (non-hydrogen) atoms. The molecule has 1 atom stereocenters. The van der Waals surface area contributed by atoms with E-state index in [9.17, 15) is 4.79 Å². The molecule has 1 aromatic heterocycles. The van der Waals surface area contributed by atoms with E-state index in [1.54, 1.807) is 0 Å². The molecular formula is C22H34N4O. The van der Waals surface area contributed by atoms with E-state index in [4.69, 9.17) is 4.98 Å². The summed E-state index contributed by atoms with van der Waals surface area (Å²) in [6.45, 7) is 7.32. The normalized spacial score (nSPS) is 24.7. The van der Waals surface area contributed by atoms with Gasteiger partial charge in [-0.1, -0.05) is 12.8 Å². The molecule has 0 aromatic carbocycles. The summed E-state index contributed by atoms with van der Waals surface area (Å²) in [4.78, 5) is 24.8. The quantitative estimate of drug-likeness (QED) is 0.814.